The maximum Gasteiger partial charge on any atom is 0.269 e. The van der Waals surface area contributed by atoms with Gasteiger partial charge in [-0.05, 0) is 26.0 Å². The number of nitrogens with one attached hydrogen (secondary N) is 2. The van der Waals surface area contributed by atoms with Gasteiger partial charge in [0, 0.05) is 30.6 Å². The number of carbonyl (C=O) groups excluding carboxylic acids is 1. The van der Waals surface area contributed by atoms with E-state index in [9.17, 15) is 14.0 Å². The first-order valence-electron chi connectivity index (χ1n) is 8.11. The van der Waals surface area contributed by atoms with E-state index < -0.39 is 0 Å². The molecule has 0 saturated carbocycles. The van der Waals surface area contributed by atoms with E-state index >= 15 is 0 Å². The summed E-state index contributed by atoms with van der Waals surface area (Å²) in [6, 6.07) is 4.35. The monoisotopic (exact) mass is 375 g/mol. The molecule has 0 aliphatic rings. The van der Waals surface area contributed by atoms with Crippen LogP contribution in [0, 0.1) is 12.7 Å². The summed E-state index contributed by atoms with van der Waals surface area (Å²) in [7, 11) is 0. The third-order valence-electron chi connectivity index (χ3n) is 3.70. The molecule has 0 saturated heterocycles. The van der Waals surface area contributed by atoms with Crippen LogP contribution in [0.2, 0.25) is 0 Å². The largest absolute Gasteiger partial charge is 0.351 e. The number of pyridine rings is 1. The average molecular weight is 375 g/mol. The molecule has 7 nitrogen and oxygen atoms in total. The number of hydrogen-bond acceptors (Lipinski definition) is 6. The van der Waals surface area contributed by atoms with Crippen molar-refractivity contribution in [1.82, 2.24) is 25.0 Å². The minimum atomic E-state index is -0.384. The number of fused-ring (bicyclic) bond motifs is 1. The SMILES string of the molecule is CCNC(=O)c1c(C)sc2nc(CNCc3ccc(F)cn3)cc(=O)n12. The molecule has 2 N–H and O–H groups in total. The fourth-order valence-electron chi connectivity index (χ4n) is 2.55. The number of nitrogens with zero attached hydrogens (tertiary/aromatic N) is 3. The Bertz CT molecular complexity index is 997. The molecule has 1 amide bonds. The first kappa shape index (κ1) is 18.2. The maximum atomic E-state index is 12.8. The number of carbonyl (C=O) groups is 1. The molecule has 3 rings (SSSR count). The topological polar surface area (TPSA) is 88.4 Å². The van der Waals surface area contributed by atoms with E-state index in [0.717, 1.165) is 11.1 Å². The van der Waals surface area contributed by atoms with E-state index in [1.165, 1.54) is 27.9 Å². The third kappa shape index (κ3) is 3.78. The van der Waals surface area contributed by atoms with Gasteiger partial charge in [0.15, 0.2) is 4.96 Å². The highest BCUT2D eigenvalue weighted by atomic mass is 32.1. The molecule has 136 valence electrons. The van der Waals surface area contributed by atoms with Crippen LogP contribution in [-0.2, 0) is 13.1 Å². The summed E-state index contributed by atoms with van der Waals surface area (Å²) in [6.45, 7) is 4.88. The Hall–Kier alpha value is -2.65. The van der Waals surface area contributed by atoms with Gasteiger partial charge in [0.25, 0.3) is 11.5 Å². The summed E-state index contributed by atoms with van der Waals surface area (Å²) in [5.74, 6) is -0.668. The van der Waals surface area contributed by atoms with Gasteiger partial charge in [0.2, 0.25) is 0 Å². The highest BCUT2D eigenvalue weighted by Gasteiger charge is 2.18. The average Bonchev–Trinajstić information content (AvgIpc) is 2.93. The molecule has 3 heterocycles. The fraction of sp³-hybridized carbons (Fsp3) is 0.294. The Kier molecular flexibility index (Phi) is 5.38. The minimum Gasteiger partial charge on any atom is -0.351 e. The van der Waals surface area contributed by atoms with E-state index in [0.29, 0.717) is 41.7 Å². The Morgan fingerprint density at radius 3 is 2.77 bits per heavy atom. The van der Waals surface area contributed by atoms with Crippen molar-refractivity contribution in [3.8, 4) is 0 Å². The van der Waals surface area contributed by atoms with Crippen molar-refractivity contribution in [1.29, 1.82) is 0 Å². The van der Waals surface area contributed by atoms with Gasteiger partial charge in [0.1, 0.15) is 11.5 Å². The van der Waals surface area contributed by atoms with Gasteiger partial charge in [-0.3, -0.25) is 14.6 Å². The van der Waals surface area contributed by atoms with E-state index in [1.807, 2.05) is 6.92 Å². The lowest BCUT2D eigenvalue weighted by Gasteiger charge is -2.06. The van der Waals surface area contributed by atoms with Crippen LogP contribution >= 0.6 is 11.3 Å². The number of amides is 1. The van der Waals surface area contributed by atoms with E-state index in [2.05, 4.69) is 20.6 Å². The fourth-order valence-corrected chi connectivity index (χ4v) is 3.54. The van der Waals surface area contributed by atoms with Crippen molar-refractivity contribution in [3.63, 3.8) is 0 Å². The van der Waals surface area contributed by atoms with Crippen molar-refractivity contribution in [2.24, 2.45) is 0 Å². The molecule has 0 fully saturated rings. The minimum absolute atomic E-state index is 0.284. The molecule has 0 bridgehead atoms. The van der Waals surface area contributed by atoms with Crippen LogP contribution < -0.4 is 16.2 Å². The third-order valence-corrected chi connectivity index (χ3v) is 4.65. The van der Waals surface area contributed by atoms with Crippen LogP contribution in [0.15, 0.2) is 29.2 Å². The number of aromatic nitrogens is 3. The van der Waals surface area contributed by atoms with Gasteiger partial charge in [-0.2, -0.15) is 0 Å². The summed E-state index contributed by atoms with van der Waals surface area (Å²) in [5, 5.41) is 5.84. The van der Waals surface area contributed by atoms with Gasteiger partial charge >= 0.3 is 0 Å². The Morgan fingerprint density at radius 1 is 1.31 bits per heavy atom. The lowest BCUT2D eigenvalue weighted by molar-refractivity contribution is 0.0949. The van der Waals surface area contributed by atoms with Crippen LogP contribution in [0.4, 0.5) is 4.39 Å². The maximum absolute atomic E-state index is 12.8. The van der Waals surface area contributed by atoms with E-state index in [-0.39, 0.29) is 17.3 Å². The highest BCUT2D eigenvalue weighted by Crippen LogP contribution is 2.19. The number of thiazole rings is 1. The molecule has 0 unspecified atom stereocenters. The second kappa shape index (κ2) is 7.71. The normalized spacial score (nSPS) is 11.0. The molecule has 9 heteroatoms. The quantitative estimate of drug-likeness (QED) is 0.684. The van der Waals surface area contributed by atoms with E-state index in [4.69, 9.17) is 0 Å². The molecule has 3 aromatic rings. The number of hydrogen-bond donors (Lipinski definition) is 2. The molecule has 0 radical (unpaired) electrons. The number of rotatable bonds is 6. The Balaban J connectivity index is 1.79. The summed E-state index contributed by atoms with van der Waals surface area (Å²) in [5.41, 5.74) is 1.30. The molecule has 3 aromatic heterocycles. The molecule has 0 aliphatic carbocycles. The Labute approximate surface area is 152 Å². The molecule has 0 aromatic carbocycles. The summed E-state index contributed by atoms with van der Waals surface area (Å²) in [4.78, 5) is 34.3. The molecule has 0 atom stereocenters. The van der Waals surface area contributed by atoms with Gasteiger partial charge in [-0.15, -0.1) is 11.3 Å². The van der Waals surface area contributed by atoms with Crippen molar-refractivity contribution >= 4 is 22.2 Å². The lowest BCUT2D eigenvalue weighted by atomic mass is 10.3. The zero-order chi connectivity index (χ0) is 18.7. The number of halogens is 1. The second-order valence-electron chi connectivity index (χ2n) is 5.64. The van der Waals surface area contributed by atoms with Gasteiger partial charge < -0.3 is 10.6 Å². The molecule has 0 spiro atoms. The van der Waals surface area contributed by atoms with Crippen LogP contribution in [0.3, 0.4) is 0 Å². The standard InChI is InChI=1S/C17H18FN5O2S/c1-3-20-16(25)15-10(2)26-17-22-13(6-14(24)23(15)17)9-19-8-12-5-4-11(18)7-21-12/h4-7,19H,3,8-9H2,1-2H3,(H,20,25). The van der Waals surface area contributed by atoms with Gasteiger partial charge in [-0.25, -0.2) is 13.8 Å². The van der Waals surface area contributed by atoms with Crippen molar-refractivity contribution in [3.05, 3.63) is 62.5 Å². The van der Waals surface area contributed by atoms with Crippen molar-refractivity contribution in [2.45, 2.75) is 26.9 Å². The summed E-state index contributed by atoms with van der Waals surface area (Å²) < 4.78 is 14.2. The molecular weight excluding hydrogens is 357 g/mol. The van der Waals surface area contributed by atoms with Gasteiger partial charge in [0.05, 0.1) is 17.6 Å². The first-order chi connectivity index (χ1) is 12.5. The molecular formula is C17H18FN5O2S. The highest BCUT2D eigenvalue weighted by molar-refractivity contribution is 7.17. The van der Waals surface area contributed by atoms with E-state index in [1.54, 1.807) is 13.0 Å². The molecule has 26 heavy (non-hydrogen) atoms. The van der Waals surface area contributed by atoms with Crippen molar-refractivity contribution in [2.75, 3.05) is 6.54 Å². The van der Waals surface area contributed by atoms with Crippen LogP contribution in [0.5, 0.6) is 0 Å². The van der Waals surface area contributed by atoms with Crippen LogP contribution in [0.25, 0.3) is 4.96 Å². The van der Waals surface area contributed by atoms with Crippen molar-refractivity contribution < 1.29 is 9.18 Å². The van der Waals surface area contributed by atoms with Crippen LogP contribution in [-0.4, -0.2) is 26.8 Å². The molecule has 0 aliphatic heterocycles. The summed E-state index contributed by atoms with van der Waals surface area (Å²) in [6.07, 6.45) is 1.16. The second-order valence-corrected chi connectivity index (χ2v) is 6.82. The first-order valence-corrected chi connectivity index (χ1v) is 8.92. The zero-order valence-electron chi connectivity index (χ0n) is 14.4. The van der Waals surface area contributed by atoms with Gasteiger partial charge in [-0.1, -0.05) is 0 Å². The lowest BCUT2D eigenvalue weighted by Crippen LogP contribution is -2.28. The predicted molar refractivity (Wildman–Crippen MR) is 96.8 cm³/mol. The zero-order valence-corrected chi connectivity index (χ0v) is 15.2. The Morgan fingerprint density at radius 2 is 2.08 bits per heavy atom. The predicted octanol–water partition coefficient (Wildman–Crippen LogP) is 1.64. The number of aryl methyl sites for hydroxylation is 1. The smallest absolute Gasteiger partial charge is 0.269 e. The van der Waals surface area contributed by atoms with Crippen LogP contribution in [0.1, 0.15) is 33.7 Å². The summed E-state index contributed by atoms with van der Waals surface area (Å²) >= 11 is 1.30.